The number of aromatic nitrogens is 4. The number of rotatable bonds is 4. The molecule has 1 aliphatic heterocycles. The number of carbonyl (C=O) groups excluding carboxylic acids is 1. The van der Waals surface area contributed by atoms with Crippen LogP contribution in [0.15, 0.2) is 30.3 Å². The Kier molecular flexibility index (Phi) is 5.62. The molecule has 0 unspecified atom stereocenters. The van der Waals surface area contributed by atoms with Crippen LogP contribution in [0.4, 0.5) is 0 Å². The summed E-state index contributed by atoms with van der Waals surface area (Å²) >= 11 is 0. The number of H-pyrrole nitrogens is 1. The molecule has 0 aliphatic carbocycles. The van der Waals surface area contributed by atoms with Crippen LogP contribution in [-0.4, -0.2) is 32.4 Å². The third-order valence-corrected chi connectivity index (χ3v) is 4.69. The molecule has 0 atom stereocenters. The van der Waals surface area contributed by atoms with Crippen LogP contribution in [0.2, 0.25) is 0 Å². The van der Waals surface area contributed by atoms with Gasteiger partial charge in [-0.25, -0.2) is 4.68 Å². The number of aryl methyl sites for hydroxylation is 2. The van der Waals surface area contributed by atoms with Crippen LogP contribution in [0, 0.1) is 13.8 Å². The SMILES string of the molecule is Cc1cc(C)n(-c2ccccc2CNC(=O)c2n[nH]c3c2CNCC3)n1.Cl. The Labute approximate surface area is 164 Å². The van der Waals surface area contributed by atoms with Gasteiger partial charge in [0.15, 0.2) is 5.69 Å². The summed E-state index contributed by atoms with van der Waals surface area (Å²) in [7, 11) is 0. The average Bonchev–Trinajstić information content (AvgIpc) is 3.22. The van der Waals surface area contributed by atoms with Crippen LogP contribution in [0.25, 0.3) is 5.69 Å². The van der Waals surface area contributed by atoms with Gasteiger partial charge in [0, 0.05) is 43.0 Å². The van der Waals surface area contributed by atoms with E-state index in [1.807, 2.05) is 48.9 Å². The molecule has 4 rings (SSSR count). The molecule has 1 amide bonds. The number of amides is 1. The van der Waals surface area contributed by atoms with Gasteiger partial charge in [-0.3, -0.25) is 9.89 Å². The van der Waals surface area contributed by atoms with E-state index in [1.54, 1.807) is 0 Å². The Morgan fingerprint density at radius 3 is 2.89 bits per heavy atom. The molecule has 1 aromatic carbocycles. The zero-order valence-electron chi connectivity index (χ0n) is 15.4. The van der Waals surface area contributed by atoms with E-state index in [-0.39, 0.29) is 18.3 Å². The molecule has 27 heavy (non-hydrogen) atoms. The molecule has 0 radical (unpaired) electrons. The fraction of sp³-hybridized carbons (Fsp3) is 0.316. The molecule has 8 heteroatoms. The smallest absolute Gasteiger partial charge is 0.272 e. The number of benzene rings is 1. The van der Waals surface area contributed by atoms with Crippen LogP contribution < -0.4 is 10.6 Å². The lowest BCUT2D eigenvalue weighted by molar-refractivity contribution is 0.0944. The van der Waals surface area contributed by atoms with Crippen molar-refractivity contribution in [2.75, 3.05) is 6.54 Å². The molecular formula is C19H23ClN6O. The summed E-state index contributed by atoms with van der Waals surface area (Å²) in [4.78, 5) is 12.6. The van der Waals surface area contributed by atoms with Crippen molar-refractivity contribution in [1.29, 1.82) is 0 Å². The van der Waals surface area contributed by atoms with Crippen LogP contribution in [0.3, 0.4) is 0 Å². The molecule has 0 spiro atoms. The number of carbonyl (C=O) groups is 1. The number of hydrogen-bond donors (Lipinski definition) is 3. The Balaban J connectivity index is 0.00000210. The van der Waals surface area contributed by atoms with E-state index >= 15 is 0 Å². The molecule has 0 fully saturated rings. The van der Waals surface area contributed by atoms with Gasteiger partial charge in [-0.2, -0.15) is 10.2 Å². The monoisotopic (exact) mass is 386 g/mol. The van der Waals surface area contributed by atoms with Gasteiger partial charge in [0.1, 0.15) is 0 Å². The van der Waals surface area contributed by atoms with Gasteiger partial charge in [-0.05, 0) is 31.5 Å². The second-order valence-corrected chi connectivity index (χ2v) is 6.61. The second-order valence-electron chi connectivity index (χ2n) is 6.61. The maximum atomic E-state index is 12.6. The van der Waals surface area contributed by atoms with Crippen LogP contribution in [0.5, 0.6) is 0 Å². The lowest BCUT2D eigenvalue weighted by atomic mass is 10.1. The van der Waals surface area contributed by atoms with Gasteiger partial charge >= 0.3 is 0 Å². The molecule has 3 heterocycles. The Morgan fingerprint density at radius 1 is 1.30 bits per heavy atom. The minimum Gasteiger partial charge on any atom is -0.346 e. The molecular weight excluding hydrogens is 364 g/mol. The summed E-state index contributed by atoms with van der Waals surface area (Å²) in [6, 6.07) is 10.0. The van der Waals surface area contributed by atoms with Crippen LogP contribution >= 0.6 is 12.4 Å². The number of halogens is 1. The summed E-state index contributed by atoms with van der Waals surface area (Å²) in [5.74, 6) is -0.158. The summed E-state index contributed by atoms with van der Waals surface area (Å²) in [6.07, 6.45) is 0.871. The van der Waals surface area contributed by atoms with Gasteiger partial charge in [0.2, 0.25) is 0 Å². The Morgan fingerprint density at radius 2 is 2.11 bits per heavy atom. The van der Waals surface area contributed by atoms with Crippen molar-refractivity contribution in [2.45, 2.75) is 33.4 Å². The maximum Gasteiger partial charge on any atom is 0.272 e. The van der Waals surface area contributed by atoms with Crippen molar-refractivity contribution in [3.8, 4) is 5.69 Å². The van der Waals surface area contributed by atoms with Crippen molar-refractivity contribution in [2.24, 2.45) is 0 Å². The van der Waals surface area contributed by atoms with Gasteiger partial charge in [-0.15, -0.1) is 12.4 Å². The largest absolute Gasteiger partial charge is 0.346 e. The molecule has 142 valence electrons. The van der Waals surface area contributed by atoms with Crippen molar-refractivity contribution in [3.63, 3.8) is 0 Å². The molecule has 0 saturated heterocycles. The minimum atomic E-state index is -0.158. The Bertz CT molecular complexity index is 961. The fourth-order valence-electron chi connectivity index (χ4n) is 3.41. The predicted octanol–water partition coefficient (Wildman–Crippen LogP) is 2.21. The van der Waals surface area contributed by atoms with Crippen LogP contribution in [0.1, 0.15) is 38.7 Å². The molecule has 3 aromatic rings. The average molecular weight is 387 g/mol. The first kappa shape index (κ1) is 19.1. The van der Waals surface area contributed by atoms with Crippen molar-refractivity contribution in [3.05, 3.63) is 64.2 Å². The standard InChI is InChI=1S/C19H22N6O.ClH/c1-12-9-13(2)25(24-12)17-6-4-3-5-14(17)10-21-19(26)18-15-11-20-8-7-16(15)22-23-18;/h3-6,9,20H,7-8,10-11H2,1-2H3,(H,21,26)(H,22,23);1H. The minimum absolute atomic E-state index is 0. The fourth-order valence-corrected chi connectivity index (χ4v) is 3.41. The van der Waals surface area contributed by atoms with Crippen molar-refractivity contribution in [1.82, 2.24) is 30.6 Å². The summed E-state index contributed by atoms with van der Waals surface area (Å²) < 4.78 is 1.91. The number of fused-ring (bicyclic) bond motifs is 1. The number of nitrogens with zero attached hydrogens (tertiary/aromatic N) is 3. The first-order valence-corrected chi connectivity index (χ1v) is 8.80. The van der Waals surface area contributed by atoms with Crippen molar-refractivity contribution < 1.29 is 4.79 Å². The van der Waals surface area contributed by atoms with E-state index in [2.05, 4.69) is 25.9 Å². The third kappa shape index (κ3) is 3.74. The molecule has 7 nitrogen and oxygen atoms in total. The zero-order valence-corrected chi connectivity index (χ0v) is 16.2. The topological polar surface area (TPSA) is 87.6 Å². The molecule has 1 aliphatic rings. The van der Waals surface area contributed by atoms with E-state index in [0.29, 0.717) is 18.8 Å². The van der Waals surface area contributed by atoms with E-state index in [0.717, 1.165) is 46.9 Å². The van der Waals surface area contributed by atoms with Crippen molar-refractivity contribution >= 4 is 18.3 Å². The molecule has 3 N–H and O–H groups in total. The third-order valence-electron chi connectivity index (χ3n) is 4.69. The predicted molar refractivity (Wildman–Crippen MR) is 105 cm³/mol. The van der Waals surface area contributed by atoms with Gasteiger partial charge in [0.25, 0.3) is 5.91 Å². The lowest BCUT2D eigenvalue weighted by Crippen LogP contribution is -2.28. The summed E-state index contributed by atoms with van der Waals surface area (Å²) in [5.41, 5.74) is 6.53. The van der Waals surface area contributed by atoms with E-state index < -0.39 is 0 Å². The summed E-state index contributed by atoms with van der Waals surface area (Å²) in [5, 5.41) is 18.0. The normalized spacial score (nSPS) is 13.0. The molecule has 0 saturated carbocycles. The number of aromatic amines is 1. The number of hydrogen-bond acceptors (Lipinski definition) is 4. The van der Waals surface area contributed by atoms with Gasteiger partial charge in [0.05, 0.1) is 11.4 Å². The summed E-state index contributed by atoms with van der Waals surface area (Å²) in [6.45, 7) is 6.01. The zero-order chi connectivity index (χ0) is 18.1. The first-order valence-electron chi connectivity index (χ1n) is 8.80. The highest BCUT2D eigenvalue weighted by molar-refractivity contribution is 5.94. The van der Waals surface area contributed by atoms with Gasteiger partial charge in [-0.1, -0.05) is 18.2 Å². The maximum absolute atomic E-state index is 12.6. The number of nitrogens with one attached hydrogen (secondary N) is 3. The second kappa shape index (κ2) is 7.94. The van der Waals surface area contributed by atoms with E-state index in [1.165, 1.54) is 0 Å². The first-order chi connectivity index (χ1) is 12.6. The Hall–Kier alpha value is -2.64. The van der Waals surface area contributed by atoms with E-state index in [9.17, 15) is 4.79 Å². The highest BCUT2D eigenvalue weighted by Gasteiger charge is 2.21. The number of para-hydroxylation sites is 1. The lowest BCUT2D eigenvalue weighted by Gasteiger charge is -2.14. The van der Waals surface area contributed by atoms with E-state index in [4.69, 9.17) is 0 Å². The highest BCUT2D eigenvalue weighted by atomic mass is 35.5. The molecule has 2 aromatic heterocycles. The quantitative estimate of drug-likeness (QED) is 0.641. The van der Waals surface area contributed by atoms with Crippen LogP contribution in [-0.2, 0) is 19.5 Å². The van der Waals surface area contributed by atoms with Gasteiger partial charge < -0.3 is 10.6 Å². The highest BCUT2D eigenvalue weighted by Crippen LogP contribution is 2.18. The molecule has 0 bridgehead atoms.